The maximum atomic E-state index is 12.3. The van der Waals surface area contributed by atoms with Crippen molar-refractivity contribution in [3.8, 4) is 0 Å². The molecule has 2 heterocycles. The molecule has 2 atom stereocenters. The van der Waals surface area contributed by atoms with Gasteiger partial charge >= 0.3 is 0 Å². The molecule has 122 valence electrons. The molecule has 0 unspecified atom stereocenters. The summed E-state index contributed by atoms with van der Waals surface area (Å²) in [6, 6.07) is 9.50. The first kappa shape index (κ1) is 16.0. The number of halogens is 1. The number of ether oxygens (including phenoxy) is 1. The quantitative estimate of drug-likeness (QED) is 0.936. The molecule has 2 aromatic rings. The first-order valence-corrected chi connectivity index (χ1v) is 8.08. The van der Waals surface area contributed by atoms with Gasteiger partial charge in [0.2, 0.25) is 5.91 Å². The van der Waals surface area contributed by atoms with Crippen molar-refractivity contribution in [3.63, 3.8) is 0 Å². The Kier molecular flexibility index (Phi) is 4.68. The van der Waals surface area contributed by atoms with E-state index in [1.54, 1.807) is 4.68 Å². The van der Waals surface area contributed by atoms with Gasteiger partial charge in [-0.1, -0.05) is 23.7 Å². The van der Waals surface area contributed by atoms with Crippen LogP contribution in [0.2, 0.25) is 5.02 Å². The van der Waals surface area contributed by atoms with E-state index >= 15 is 0 Å². The minimum Gasteiger partial charge on any atom is -0.371 e. The van der Waals surface area contributed by atoms with Crippen LogP contribution in [-0.4, -0.2) is 28.3 Å². The molecule has 1 aromatic carbocycles. The molecule has 1 saturated heterocycles. The normalized spacial score (nSPS) is 20.7. The Morgan fingerprint density at radius 2 is 2.13 bits per heavy atom. The predicted octanol–water partition coefficient (Wildman–Crippen LogP) is 2.80. The van der Waals surface area contributed by atoms with Gasteiger partial charge in [-0.15, -0.1) is 0 Å². The molecule has 1 N–H and O–H groups in total. The molecule has 1 amide bonds. The fraction of sp³-hybridized carbons (Fsp3) is 0.412. The van der Waals surface area contributed by atoms with Gasteiger partial charge in [0.15, 0.2) is 0 Å². The number of aromatic nitrogens is 2. The van der Waals surface area contributed by atoms with E-state index in [-0.39, 0.29) is 24.6 Å². The molecule has 0 aliphatic carbocycles. The number of benzene rings is 1. The van der Waals surface area contributed by atoms with Crippen LogP contribution in [0, 0.1) is 13.8 Å². The number of nitrogens with one attached hydrogen (secondary N) is 1. The number of hydrogen-bond acceptors (Lipinski definition) is 3. The number of carbonyl (C=O) groups excluding carboxylic acids is 1. The van der Waals surface area contributed by atoms with E-state index in [0.717, 1.165) is 23.4 Å². The van der Waals surface area contributed by atoms with E-state index < -0.39 is 0 Å². The van der Waals surface area contributed by atoms with Gasteiger partial charge in [-0.05, 0) is 44.0 Å². The standard InChI is InChI=1S/C17H20ClN3O2/c1-11-9-12(2)21(20-11)10-16(22)19-15-7-8-23-17(15)13-3-5-14(18)6-4-13/h3-6,9,15,17H,7-8,10H2,1-2H3,(H,19,22)/t15-,17+/m0/s1. The second-order valence-corrected chi connectivity index (χ2v) is 6.33. The van der Waals surface area contributed by atoms with Gasteiger partial charge in [0.1, 0.15) is 12.6 Å². The molecule has 3 rings (SSSR count). The van der Waals surface area contributed by atoms with Crippen LogP contribution in [-0.2, 0) is 16.1 Å². The number of nitrogens with zero attached hydrogens (tertiary/aromatic N) is 2. The Labute approximate surface area is 140 Å². The summed E-state index contributed by atoms with van der Waals surface area (Å²) in [6.07, 6.45) is 0.674. The van der Waals surface area contributed by atoms with Crippen LogP contribution in [0.15, 0.2) is 30.3 Å². The molecular formula is C17H20ClN3O2. The fourth-order valence-corrected chi connectivity index (χ4v) is 3.07. The lowest BCUT2D eigenvalue weighted by atomic mass is 10.0. The van der Waals surface area contributed by atoms with Gasteiger partial charge in [0, 0.05) is 17.3 Å². The lowest BCUT2D eigenvalue weighted by Crippen LogP contribution is -2.39. The van der Waals surface area contributed by atoms with Crippen LogP contribution in [0.3, 0.4) is 0 Å². The zero-order chi connectivity index (χ0) is 16.4. The first-order valence-electron chi connectivity index (χ1n) is 7.70. The first-order chi connectivity index (χ1) is 11.0. The van der Waals surface area contributed by atoms with Crippen LogP contribution in [0.1, 0.15) is 29.5 Å². The highest BCUT2D eigenvalue weighted by Gasteiger charge is 2.30. The van der Waals surface area contributed by atoms with Crippen LogP contribution in [0.5, 0.6) is 0 Å². The molecule has 1 aromatic heterocycles. The van der Waals surface area contributed by atoms with E-state index in [0.29, 0.717) is 11.6 Å². The summed E-state index contributed by atoms with van der Waals surface area (Å²) in [7, 11) is 0. The highest BCUT2D eigenvalue weighted by molar-refractivity contribution is 6.30. The van der Waals surface area contributed by atoms with Crippen LogP contribution in [0.25, 0.3) is 0 Å². The molecule has 1 fully saturated rings. The largest absolute Gasteiger partial charge is 0.371 e. The maximum absolute atomic E-state index is 12.3. The summed E-state index contributed by atoms with van der Waals surface area (Å²) in [5.74, 6) is -0.0503. The van der Waals surface area contributed by atoms with Crippen molar-refractivity contribution in [2.24, 2.45) is 0 Å². The molecule has 23 heavy (non-hydrogen) atoms. The summed E-state index contributed by atoms with van der Waals surface area (Å²) >= 11 is 5.93. The lowest BCUT2D eigenvalue weighted by Gasteiger charge is -2.20. The monoisotopic (exact) mass is 333 g/mol. The summed E-state index contributed by atoms with van der Waals surface area (Å²) < 4.78 is 7.51. The van der Waals surface area contributed by atoms with E-state index in [4.69, 9.17) is 16.3 Å². The van der Waals surface area contributed by atoms with Crippen molar-refractivity contribution >= 4 is 17.5 Å². The van der Waals surface area contributed by atoms with Gasteiger partial charge < -0.3 is 10.1 Å². The molecule has 0 spiro atoms. The van der Waals surface area contributed by atoms with Gasteiger partial charge in [-0.25, -0.2) is 0 Å². The molecule has 0 saturated carbocycles. The Morgan fingerprint density at radius 1 is 1.39 bits per heavy atom. The van der Waals surface area contributed by atoms with Crippen molar-refractivity contribution in [1.29, 1.82) is 0 Å². The zero-order valence-electron chi connectivity index (χ0n) is 13.3. The number of carbonyl (C=O) groups is 1. The second kappa shape index (κ2) is 6.72. The fourth-order valence-electron chi connectivity index (χ4n) is 2.94. The predicted molar refractivity (Wildman–Crippen MR) is 88.4 cm³/mol. The molecule has 6 heteroatoms. The third-order valence-corrected chi connectivity index (χ3v) is 4.29. The Bertz CT molecular complexity index is 696. The molecule has 1 aliphatic heterocycles. The summed E-state index contributed by atoms with van der Waals surface area (Å²) in [6.45, 7) is 4.73. The second-order valence-electron chi connectivity index (χ2n) is 5.89. The Hall–Kier alpha value is -1.85. The summed E-state index contributed by atoms with van der Waals surface area (Å²) in [5.41, 5.74) is 2.93. The summed E-state index contributed by atoms with van der Waals surface area (Å²) in [4.78, 5) is 12.3. The molecule has 1 aliphatic rings. The lowest BCUT2D eigenvalue weighted by molar-refractivity contribution is -0.123. The third kappa shape index (κ3) is 3.74. The van der Waals surface area contributed by atoms with E-state index in [1.165, 1.54) is 0 Å². The van der Waals surface area contributed by atoms with Crippen molar-refractivity contribution in [2.75, 3.05) is 6.61 Å². The third-order valence-electron chi connectivity index (χ3n) is 4.03. The van der Waals surface area contributed by atoms with Crippen LogP contribution < -0.4 is 5.32 Å². The number of amides is 1. The Balaban J connectivity index is 1.65. The topological polar surface area (TPSA) is 56.2 Å². The van der Waals surface area contributed by atoms with Gasteiger partial charge in [-0.3, -0.25) is 9.48 Å². The van der Waals surface area contributed by atoms with Crippen molar-refractivity contribution < 1.29 is 9.53 Å². The SMILES string of the molecule is Cc1cc(C)n(CC(=O)N[C@H]2CCO[C@@H]2c2ccc(Cl)cc2)n1. The van der Waals surface area contributed by atoms with Gasteiger partial charge in [0.25, 0.3) is 0 Å². The summed E-state index contributed by atoms with van der Waals surface area (Å²) in [5, 5.41) is 8.08. The average Bonchev–Trinajstić information content (AvgIpc) is 3.07. The molecular weight excluding hydrogens is 314 g/mol. The van der Waals surface area contributed by atoms with Crippen molar-refractivity contribution in [3.05, 3.63) is 52.3 Å². The minimum absolute atomic E-state index is 0.0272. The van der Waals surface area contributed by atoms with Gasteiger partial charge in [0.05, 0.1) is 11.7 Å². The molecule has 5 nitrogen and oxygen atoms in total. The van der Waals surface area contributed by atoms with Crippen LogP contribution >= 0.6 is 11.6 Å². The van der Waals surface area contributed by atoms with Crippen molar-refractivity contribution in [1.82, 2.24) is 15.1 Å². The van der Waals surface area contributed by atoms with E-state index in [9.17, 15) is 4.79 Å². The van der Waals surface area contributed by atoms with Crippen molar-refractivity contribution in [2.45, 2.75) is 39.0 Å². The maximum Gasteiger partial charge on any atom is 0.242 e. The average molecular weight is 334 g/mol. The minimum atomic E-state index is -0.128. The number of rotatable bonds is 4. The van der Waals surface area contributed by atoms with E-state index in [2.05, 4.69) is 10.4 Å². The number of hydrogen-bond donors (Lipinski definition) is 1. The van der Waals surface area contributed by atoms with Crippen LogP contribution in [0.4, 0.5) is 0 Å². The number of aryl methyl sites for hydroxylation is 2. The van der Waals surface area contributed by atoms with Gasteiger partial charge in [-0.2, -0.15) is 5.10 Å². The Morgan fingerprint density at radius 3 is 2.78 bits per heavy atom. The smallest absolute Gasteiger partial charge is 0.242 e. The molecule has 0 bridgehead atoms. The highest BCUT2D eigenvalue weighted by atomic mass is 35.5. The highest BCUT2D eigenvalue weighted by Crippen LogP contribution is 2.29. The zero-order valence-corrected chi connectivity index (χ0v) is 14.0. The van der Waals surface area contributed by atoms with E-state index in [1.807, 2.05) is 44.2 Å². The molecule has 0 radical (unpaired) electrons.